The minimum absolute atomic E-state index is 0.223. The zero-order chi connectivity index (χ0) is 12.3. The number of aryl methyl sites for hydroxylation is 1. The van der Waals surface area contributed by atoms with Gasteiger partial charge in [0.15, 0.2) is 0 Å². The van der Waals surface area contributed by atoms with Crippen LogP contribution in [0.15, 0.2) is 12.3 Å². The number of carboxylic acid groups (broad SMARTS) is 1. The van der Waals surface area contributed by atoms with E-state index in [2.05, 4.69) is 15.4 Å². The van der Waals surface area contributed by atoms with Gasteiger partial charge in [0.2, 0.25) is 0 Å². The van der Waals surface area contributed by atoms with Crippen LogP contribution in [0.2, 0.25) is 0 Å². The van der Waals surface area contributed by atoms with Crippen LogP contribution in [0.4, 0.5) is 5.69 Å². The summed E-state index contributed by atoms with van der Waals surface area (Å²) in [7, 11) is 0. The number of hydrogen-bond donors (Lipinski definition) is 2. The minimum atomic E-state index is -0.947. The zero-order valence-electron chi connectivity index (χ0n) is 9.94. The van der Waals surface area contributed by atoms with Gasteiger partial charge in [0.25, 0.3) is 0 Å². The molecule has 2 N–H and O–H groups in total. The van der Waals surface area contributed by atoms with E-state index in [4.69, 9.17) is 5.11 Å². The molecule has 0 bridgehead atoms. The number of aromatic carboxylic acids is 1. The number of anilines is 1. The second kappa shape index (κ2) is 5.14. The van der Waals surface area contributed by atoms with Crippen LogP contribution < -0.4 is 5.43 Å². The summed E-state index contributed by atoms with van der Waals surface area (Å²) in [4.78, 5) is 15.1. The fourth-order valence-corrected chi connectivity index (χ4v) is 2.00. The third-order valence-corrected chi connectivity index (χ3v) is 2.91. The highest BCUT2D eigenvalue weighted by atomic mass is 16.4. The molecule has 0 aliphatic carbocycles. The van der Waals surface area contributed by atoms with E-state index < -0.39 is 5.97 Å². The molecule has 5 nitrogen and oxygen atoms in total. The van der Waals surface area contributed by atoms with Crippen molar-refractivity contribution in [1.82, 2.24) is 9.99 Å². The predicted molar refractivity (Wildman–Crippen MR) is 65.0 cm³/mol. The number of aromatic nitrogens is 1. The van der Waals surface area contributed by atoms with E-state index >= 15 is 0 Å². The molecule has 0 saturated carbocycles. The van der Waals surface area contributed by atoms with Gasteiger partial charge in [0.05, 0.1) is 5.69 Å². The van der Waals surface area contributed by atoms with Crippen LogP contribution in [0.5, 0.6) is 0 Å². The Morgan fingerprint density at radius 1 is 1.41 bits per heavy atom. The smallest absolute Gasteiger partial charge is 0.339 e. The van der Waals surface area contributed by atoms with Crippen LogP contribution in [0, 0.1) is 6.92 Å². The Bertz CT molecular complexity index is 414. The van der Waals surface area contributed by atoms with E-state index in [0.29, 0.717) is 5.69 Å². The van der Waals surface area contributed by atoms with Gasteiger partial charge in [-0.2, -0.15) is 0 Å². The largest absolute Gasteiger partial charge is 0.478 e. The molecule has 1 saturated heterocycles. The Kier molecular flexibility index (Phi) is 3.58. The Labute approximate surface area is 100 Å². The second-order valence-corrected chi connectivity index (χ2v) is 4.34. The number of nitrogens with zero attached hydrogens (tertiary/aromatic N) is 2. The van der Waals surface area contributed by atoms with Crippen LogP contribution in [0.25, 0.3) is 0 Å². The first-order valence-electron chi connectivity index (χ1n) is 5.88. The summed E-state index contributed by atoms with van der Waals surface area (Å²) in [5.74, 6) is -0.947. The molecule has 0 radical (unpaired) electrons. The van der Waals surface area contributed by atoms with E-state index in [1.54, 1.807) is 6.07 Å². The topological polar surface area (TPSA) is 65.5 Å². The quantitative estimate of drug-likeness (QED) is 0.837. The van der Waals surface area contributed by atoms with Gasteiger partial charge in [0, 0.05) is 25.0 Å². The number of hydrogen-bond acceptors (Lipinski definition) is 4. The van der Waals surface area contributed by atoms with E-state index in [9.17, 15) is 4.79 Å². The van der Waals surface area contributed by atoms with Gasteiger partial charge in [0.1, 0.15) is 5.56 Å². The van der Waals surface area contributed by atoms with E-state index in [0.717, 1.165) is 31.6 Å². The predicted octanol–water partition coefficient (Wildman–Crippen LogP) is 1.90. The first-order chi connectivity index (χ1) is 8.16. The van der Waals surface area contributed by atoms with Crippen molar-refractivity contribution in [3.63, 3.8) is 0 Å². The molecule has 5 heteroatoms. The maximum absolute atomic E-state index is 11.1. The van der Waals surface area contributed by atoms with Crippen LogP contribution >= 0.6 is 0 Å². The van der Waals surface area contributed by atoms with Crippen LogP contribution in [0.3, 0.4) is 0 Å². The Hall–Kier alpha value is -1.62. The van der Waals surface area contributed by atoms with Crippen LogP contribution in [-0.2, 0) is 0 Å². The van der Waals surface area contributed by atoms with Crippen molar-refractivity contribution in [2.45, 2.75) is 26.2 Å². The molecule has 0 spiro atoms. The van der Waals surface area contributed by atoms with Gasteiger partial charge in [-0.25, -0.2) is 9.80 Å². The van der Waals surface area contributed by atoms with Crippen molar-refractivity contribution in [2.24, 2.45) is 0 Å². The Morgan fingerprint density at radius 3 is 2.76 bits per heavy atom. The molecular weight excluding hydrogens is 218 g/mol. The molecule has 1 aromatic rings. The van der Waals surface area contributed by atoms with Crippen LogP contribution in [0.1, 0.15) is 35.3 Å². The second-order valence-electron chi connectivity index (χ2n) is 4.34. The van der Waals surface area contributed by atoms with E-state index in [1.165, 1.54) is 12.6 Å². The summed E-state index contributed by atoms with van der Waals surface area (Å²) >= 11 is 0. The molecule has 0 amide bonds. The lowest BCUT2D eigenvalue weighted by Crippen LogP contribution is -2.35. The summed E-state index contributed by atoms with van der Waals surface area (Å²) in [6.07, 6.45) is 4.96. The summed E-state index contributed by atoms with van der Waals surface area (Å²) in [5, 5.41) is 11.2. The lowest BCUT2D eigenvalue weighted by molar-refractivity contribution is 0.0697. The Balaban J connectivity index is 2.17. The standard InChI is InChI=1S/C12H17N3O2/c1-9-7-11(10(8-13-9)12(16)17)14-15-5-3-2-4-6-15/h7-8H,2-6H2,1H3,(H,13,14)(H,16,17). The zero-order valence-corrected chi connectivity index (χ0v) is 9.94. The molecule has 0 atom stereocenters. The SMILES string of the molecule is Cc1cc(NN2CCCCC2)c(C(=O)O)cn1. The van der Waals surface area contributed by atoms with Crippen molar-refractivity contribution in [3.05, 3.63) is 23.5 Å². The number of rotatable bonds is 3. The third-order valence-electron chi connectivity index (χ3n) is 2.91. The number of carbonyl (C=O) groups is 1. The molecule has 1 aromatic heterocycles. The fourth-order valence-electron chi connectivity index (χ4n) is 2.00. The van der Waals surface area contributed by atoms with Crippen molar-refractivity contribution < 1.29 is 9.90 Å². The first kappa shape index (κ1) is 11.9. The van der Waals surface area contributed by atoms with E-state index in [1.807, 2.05) is 6.92 Å². The van der Waals surface area contributed by atoms with Gasteiger partial charge < -0.3 is 10.5 Å². The summed E-state index contributed by atoms with van der Waals surface area (Å²) < 4.78 is 0. The first-order valence-corrected chi connectivity index (χ1v) is 5.88. The summed E-state index contributed by atoms with van der Waals surface area (Å²) in [6, 6.07) is 1.78. The monoisotopic (exact) mass is 235 g/mol. The van der Waals surface area contributed by atoms with Gasteiger partial charge in [-0.05, 0) is 25.8 Å². The minimum Gasteiger partial charge on any atom is -0.478 e. The highest BCUT2D eigenvalue weighted by Gasteiger charge is 2.15. The molecule has 2 heterocycles. The number of hydrazine groups is 1. The molecule has 1 fully saturated rings. The maximum Gasteiger partial charge on any atom is 0.339 e. The fraction of sp³-hybridized carbons (Fsp3) is 0.500. The molecule has 1 aliphatic rings. The van der Waals surface area contributed by atoms with Crippen LogP contribution in [-0.4, -0.2) is 34.2 Å². The average Bonchev–Trinajstić information content (AvgIpc) is 2.30. The highest BCUT2D eigenvalue weighted by Crippen LogP contribution is 2.18. The van der Waals surface area contributed by atoms with Gasteiger partial charge in [-0.3, -0.25) is 4.98 Å². The third kappa shape index (κ3) is 2.94. The van der Waals surface area contributed by atoms with E-state index in [-0.39, 0.29) is 5.56 Å². The number of pyridine rings is 1. The molecule has 92 valence electrons. The van der Waals surface area contributed by atoms with Crippen molar-refractivity contribution in [2.75, 3.05) is 18.5 Å². The molecule has 17 heavy (non-hydrogen) atoms. The number of carboxylic acids is 1. The number of nitrogens with one attached hydrogen (secondary N) is 1. The molecule has 0 unspecified atom stereocenters. The number of piperidine rings is 1. The summed E-state index contributed by atoms with van der Waals surface area (Å²) in [6.45, 7) is 3.77. The molecule has 1 aliphatic heterocycles. The molecule has 0 aromatic carbocycles. The van der Waals surface area contributed by atoms with Gasteiger partial charge in [-0.1, -0.05) is 6.42 Å². The maximum atomic E-state index is 11.1. The Morgan fingerprint density at radius 2 is 2.12 bits per heavy atom. The van der Waals surface area contributed by atoms with Crippen molar-refractivity contribution in [3.8, 4) is 0 Å². The van der Waals surface area contributed by atoms with Crippen molar-refractivity contribution >= 4 is 11.7 Å². The summed E-state index contributed by atoms with van der Waals surface area (Å²) in [5.41, 5.74) is 4.85. The molecular formula is C12H17N3O2. The van der Waals surface area contributed by atoms with Crippen molar-refractivity contribution in [1.29, 1.82) is 0 Å². The van der Waals surface area contributed by atoms with Gasteiger partial charge in [-0.15, -0.1) is 0 Å². The average molecular weight is 235 g/mol. The molecule has 2 rings (SSSR count). The highest BCUT2D eigenvalue weighted by molar-refractivity contribution is 5.93. The lowest BCUT2D eigenvalue weighted by atomic mass is 10.1. The lowest BCUT2D eigenvalue weighted by Gasteiger charge is -2.28. The van der Waals surface area contributed by atoms with Gasteiger partial charge >= 0.3 is 5.97 Å². The normalized spacial score (nSPS) is 16.8.